The van der Waals surface area contributed by atoms with Crippen LogP contribution in [0.3, 0.4) is 0 Å². The average molecular weight is 353 g/mol. The van der Waals surface area contributed by atoms with Crippen LogP contribution in [0.1, 0.15) is 58.8 Å². The molecule has 102 valence electrons. The van der Waals surface area contributed by atoms with Crippen LogP contribution in [0.2, 0.25) is 0 Å². The fraction of sp³-hybridized carbons (Fsp3) is 0.923. The minimum atomic E-state index is 0. The Balaban J connectivity index is 0.00000256. The molecular formula is C13H28IN3. The van der Waals surface area contributed by atoms with Crippen LogP contribution in [0.5, 0.6) is 0 Å². The predicted molar refractivity (Wildman–Crippen MR) is 86.0 cm³/mol. The van der Waals surface area contributed by atoms with E-state index in [0.29, 0.717) is 12.0 Å². The van der Waals surface area contributed by atoms with Crippen LogP contribution in [-0.2, 0) is 0 Å². The van der Waals surface area contributed by atoms with Crippen molar-refractivity contribution in [1.29, 1.82) is 0 Å². The summed E-state index contributed by atoms with van der Waals surface area (Å²) in [4.78, 5) is 4.35. The van der Waals surface area contributed by atoms with Crippen molar-refractivity contribution >= 4 is 29.9 Å². The van der Waals surface area contributed by atoms with Gasteiger partial charge in [0.2, 0.25) is 0 Å². The Hall–Kier alpha value is 0. The van der Waals surface area contributed by atoms with Gasteiger partial charge in [-0.3, -0.25) is 4.99 Å². The SMILES string of the molecule is CCCCCCN=C(N)NC1CC1CCC.I. The zero-order valence-electron chi connectivity index (χ0n) is 11.2. The molecule has 1 saturated carbocycles. The lowest BCUT2D eigenvalue weighted by molar-refractivity contribution is 0.656. The highest BCUT2D eigenvalue weighted by molar-refractivity contribution is 14.0. The van der Waals surface area contributed by atoms with Crippen molar-refractivity contribution < 1.29 is 0 Å². The van der Waals surface area contributed by atoms with E-state index in [1.54, 1.807) is 0 Å². The maximum atomic E-state index is 5.83. The van der Waals surface area contributed by atoms with Gasteiger partial charge in [0.15, 0.2) is 5.96 Å². The lowest BCUT2D eigenvalue weighted by Gasteiger charge is -2.04. The quantitative estimate of drug-likeness (QED) is 0.305. The summed E-state index contributed by atoms with van der Waals surface area (Å²) in [5.74, 6) is 1.50. The van der Waals surface area contributed by atoms with Crippen LogP contribution in [-0.4, -0.2) is 18.5 Å². The van der Waals surface area contributed by atoms with E-state index in [0.717, 1.165) is 12.5 Å². The Morgan fingerprint density at radius 3 is 2.65 bits per heavy atom. The van der Waals surface area contributed by atoms with Crippen molar-refractivity contribution in [3.8, 4) is 0 Å². The Morgan fingerprint density at radius 2 is 2.00 bits per heavy atom. The van der Waals surface area contributed by atoms with Crippen molar-refractivity contribution in [2.24, 2.45) is 16.6 Å². The molecule has 0 spiro atoms. The number of aliphatic imine (C=N–C) groups is 1. The fourth-order valence-corrected chi connectivity index (χ4v) is 2.09. The molecule has 0 aromatic rings. The summed E-state index contributed by atoms with van der Waals surface area (Å²) in [7, 11) is 0. The third-order valence-electron chi connectivity index (χ3n) is 3.21. The largest absolute Gasteiger partial charge is 0.370 e. The smallest absolute Gasteiger partial charge is 0.188 e. The Kier molecular flexibility index (Phi) is 9.97. The normalized spacial score (nSPS) is 23.1. The van der Waals surface area contributed by atoms with Crippen LogP contribution in [0.4, 0.5) is 0 Å². The van der Waals surface area contributed by atoms with Crippen LogP contribution >= 0.6 is 24.0 Å². The van der Waals surface area contributed by atoms with Crippen molar-refractivity contribution in [2.45, 2.75) is 64.8 Å². The molecule has 1 aliphatic carbocycles. The van der Waals surface area contributed by atoms with E-state index in [4.69, 9.17) is 5.73 Å². The van der Waals surface area contributed by atoms with Gasteiger partial charge in [0.1, 0.15) is 0 Å². The van der Waals surface area contributed by atoms with Crippen LogP contribution in [0, 0.1) is 5.92 Å². The molecule has 3 nitrogen and oxygen atoms in total. The number of halogens is 1. The molecule has 0 aromatic heterocycles. The molecule has 1 fully saturated rings. The summed E-state index contributed by atoms with van der Waals surface area (Å²) in [5.41, 5.74) is 5.83. The summed E-state index contributed by atoms with van der Waals surface area (Å²) in [6.07, 6.45) is 8.90. The van der Waals surface area contributed by atoms with Gasteiger partial charge in [-0.05, 0) is 25.2 Å². The average Bonchev–Trinajstić information content (AvgIpc) is 2.97. The van der Waals surface area contributed by atoms with E-state index in [1.165, 1.54) is 44.9 Å². The highest BCUT2D eigenvalue weighted by Gasteiger charge is 2.36. The van der Waals surface area contributed by atoms with E-state index in [1.807, 2.05) is 0 Å². The van der Waals surface area contributed by atoms with Gasteiger partial charge in [0, 0.05) is 12.6 Å². The Morgan fingerprint density at radius 1 is 1.24 bits per heavy atom. The molecule has 2 atom stereocenters. The fourth-order valence-electron chi connectivity index (χ4n) is 2.09. The van der Waals surface area contributed by atoms with E-state index >= 15 is 0 Å². The molecule has 0 aliphatic heterocycles. The molecule has 0 amide bonds. The third-order valence-corrected chi connectivity index (χ3v) is 3.21. The summed E-state index contributed by atoms with van der Waals surface area (Å²) < 4.78 is 0. The molecule has 17 heavy (non-hydrogen) atoms. The van der Waals surface area contributed by atoms with E-state index < -0.39 is 0 Å². The lowest BCUT2D eigenvalue weighted by Crippen LogP contribution is -2.34. The second-order valence-corrected chi connectivity index (χ2v) is 4.86. The molecule has 3 N–H and O–H groups in total. The van der Waals surface area contributed by atoms with Gasteiger partial charge in [-0.15, -0.1) is 24.0 Å². The van der Waals surface area contributed by atoms with E-state index in [9.17, 15) is 0 Å². The molecule has 0 radical (unpaired) electrons. The van der Waals surface area contributed by atoms with Crippen molar-refractivity contribution in [2.75, 3.05) is 6.54 Å². The molecule has 1 rings (SSSR count). The van der Waals surface area contributed by atoms with Crippen molar-refractivity contribution in [3.05, 3.63) is 0 Å². The van der Waals surface area contributed by atoms with E-state index in [-0.39, 0.29) is 24.0 Å². The van der Waals surface area contributed by atoms with Gasteiger partial charge >= 0.3 is 0 Å². The zero-order chi connectivity index (χ0) is 11.8. The minimum Gasteiger partial charge on any atom is -0.370 e. The Labute approximate surface area is 123 Å². The molecular weight excluding hydrogens is 325 g/mol. The van der Waals surface area contributed by atoms with Gasteiger partial charge in [-0.2, -0.15) is 0 Å². The topological polar surface area (TPSA) is 50.4 Å². The zero-order valence-corrected chi connectivity index (χ0v) is 13.6. The first-order valence-corrected chi connectivity index (χ1v) is 6.84. The maximum Gasteiger partial charge on any atom is 0.188 e. The highest BCUT2D eigenvalue weighted by Crippen LogP contribution is 2.34. The number of rotatable bonds is 8. The van der Waals surface area contributed by atoms with Gasteiger partial charge < -0.3 is 11.1 Å². The first-order valence-electron chi connectivity index (χ1n) is 6.84. The van der Waals surface area contributed by atoms with Gasteiger partial charge in [-0.1, -0.05) is 39.5 Å². The molecule has 2 unspecified atom stereocenters. The monoisotopic (exact) mass is 353 g/mol. The van der Waals surface area contributed by atoms with Crippen molar-refractivity contribution in [1.82, 2.24) is 5.32 Å². The maximum absolute atomic E-state index is 5.83. The molecule has 0 saturated heterocycles. The summed E-state index contributed by atoms with van der Waals surface area (Å²) in [6.45, 7) is 5.34. The van der Waals surface area contributed by atoms with Crippen LogP contribution in [0.25, 0.3) is 0 Å². The molecule has 4 heteroatoms. The second kappa shape index (κ2) is 9.97. The number of hydrogen-bond donors (Lipinski definition) is 2. The highest BCUT2D eigenvalue weighted by atomic mass is 127. The first kappa shape index (κ1) is 17.0. The van der Waals surface area contributed by atoms with E-state index in [2.05, 4.69) is 24.2 Å². The second-order valence-electron chi connectivity index (χ2n) is 4.86. The predicted octanol–water partition coefficient (Wildman–Crippen LogP) is 3.28. The van der Waals surface area contributed by atoms with Gasteiger partial charge in [0.05, 0.1) is 0 Å². The number of nitrogens with one attached hydrogen (secondary N) is 1. The van der Waals surface area contributed by atoms with Gasteiger partial charge in [-0.25, -0.2) is 0 Å². The summed E-state index contributed by atoms with van der Waals surface area (Å²) in [5, 5.41) is 3.31. The minimum absolute atomic E-state index is 0. The summed E-state index contributed by atoms with van der Waals surface area (Å²) in [6, 6.07) is 0.611. The molecule has 0 aromatic carbocycles. The number of guanidine groups is 1. The van der Waals surface area contributed by atoms with Gasteiger partial charge in [0.25, 0.3) is 0 Å². The number of hydrogen-bond acceptors (Lipinski definition) is 1. The lowest BCUT2D eigenvalue weighted by atomic mass is 10.2. The number of unbranched alkanes of at least 4 members (excludes halogenated alkanes) is 3. The van der Waals surface area contributed by atoms with Crippen LogP contribution < -0.4 is 11.1 Å². The standard InChI is InChI=1S/C13H27N3.HI/c1-3-5-6-7-9-15-13(14)16-12-10-11(12)8-4-2;/h11-12H,3-10H2,1-2H3,(H3,14,15,16);1H. The Bertz CT molecular complexity index is 219. The molecule has 0 heterocycles. The van der Waals surface area contributed by atoms with Crippen LogP contribution in [0.15, 0.2) is 4.99 Å². The summed E-state index contributed by atoms with van der Waals surface area (Å²) >= 11 is 0. The van der Waals surface area contributed by atoms with Crippen molar-refractivity contribution in [3.63, 3.8) is 0 Å². The third kappa shape index (κ3) is 7.84. The first-order chi connectivity index (χ1) is 7.77. The molecule has 0 bridgehead atoms. The molecule has 1 aliphatic rings. The number of nitrogens with two attached hydrogens (primary N) is 1. The number of nitrogens with zero attached hydrogens (tertiary/aromatic N) is 1.